The molecule has 2 heteroatoms. The van der Waals surface area contributed by atoms with Gasteiger partial charge in [-0.2, -0.15) is 0 Å². The van der Waals surface area contributed by atoms with Crippen molar-refractivity contribution >= 4 is 60.4 Å². The second-order valence-electron chi connectivity index (χ2n) is 11.8. The average Bonchev–Trinajstić information content (AvgIpc) is 3.48. The molecule has 0 N–H and O–H groups in total. The minimum Gasteiger partial charge on any atom is -0.308 e. The fourth-order valence-corrected chi connectivity index (χ4v) is 7.11. The Labute approximate surface area is 268 Å². The van der Waals surface area contributed by atoms with Gasteiger partial charge >= 0.3 is 0 Å². The number of hydrogen-bond acceptors (Lipinski definition) is 1. The molecule has 0 aliphatic heterocycles. The molecule has 1 aromatic heterocycles. The lowest BCUT2D eigenvalue weighted by atomic mass is 9.93. The Morgan fingerprint density at radius 3 is 1.76 bits per heavy atom. The third-order valence-electron chi connectivity index (χ3n) is 9.15. The third kappa shape index (κ3) is 4.19. The molecule has 0 radical (unpaired) electrons. The van der Waals surface area contributed by atoms with Crippen molar-refractivity contribution in [2.24, 2.45) is 0 Å². The van der Waals surface area contributed by atoms with E-state index in [0.29, 0.717) is 0 Å². The number of rotatable bonds is 5. The maximum absolute atomic E-state index is 2.41. The molecular weight excluding hydrogens is 556 g/mol. The summed E-state index contributed by atoms with van der Waals surface area (Å²) in [6.07, 6.45) is 0. The Morgan fingerprint density at radius 1 is 0.391 bits per heavy atom. The molecule has 46 heavy (non-hydrogen) atoms. The summed E-state index contributed by atoms with van der Waals surface area (Å²) in [7, 11) is 0. The summed E-state index contributed by atoms with van der Waals surface area (Å²) >= 11 is 0. The maximum atomic E-state index is 2.41. The number of nitrogens with zero attached hydrogens (tertiary/aromatic N) is 2. The topological polar surface area (TPSA) is 8.17 Å². The first-order valence-electron chi connectivity index (χ1n) is 15.8. The molecule has 9 rings (SSSR count). The molecule has 216 valence electrons. The van der Waals surface area contributed by atoms with E-state index in [9.17, 15) is 0 Å². The molecule has 0 amide bonds. The average molecular weight is 587 g/mol. The van der Waals surface area contributed by atoms with E-state index in [-0.39, 0.29) is 0 Å². The normalized spacial score (nSPS) is 11.5. The maximum Gasteiger partial charge on any atom is 0.0782 e. The van der Waals surface area contributed by atoms with Crippen molar-refractivity contribution in [3.8, 4) is 16.8 Å². The van der Waals surface area contributed by atoms with Gasteiger partial charge in [0.05, 0.1) is 16.7 Å². The standard InChI is InChI=1S/C44H30N2/c1-3-15-33(16-4-1)45(43-25-13-23-40-39-22-11-12-24-42(39)46(44(40)43)34-17-5-2-6-18-34)35-28-26-31(27-29-35)41-30-32-14-7-8-19-36(32)37-20-9-10-21-38(37)41/h1-30H. The molecule has 0 saturated carbocycles. The fourth-order valence-electron chi connectivity index (χ4n) is 7.11. The van der Waals surface area contributed by atoms with Crippen LogP contribution in [-0.4, -0.2) is 4.57 Å². The van der Waals surface area contributed by atoms with Crippen molar-refractivity contribution in [3.63, 3.8) is 0 Å². The van der Waals surface area contributed by atoms with E-state index >= 15 is 0 Å². The van der Waals surface area contributed by atoms with Crippen LogP contribution in [0.3, 0.4) is 0 Å². The second kappa shape index (κ2) is 10.8. The van der Waals surface area contributed by atoms with Crippen molar-refractivity contribution in [1.82, 2.24) is 4.57 Å². The van der Waals surface area contributed by atoms with Gasteiger partial charge in [-0.15, -0.1) is 0 Å². The van der Waals surface area contributed by atoms with E-state index in [1.807, 2.05) is 0 Å². The van der Waals surface area contributed by atoms with Gasteiger partial charge in [0.1, 0.15) is 0 Å². The molecule has 0 aliphatic rings. The summed E-state index contributed by atoms with van der Waals surface area (Å²) in [5.74, 6) is 0. The Kier molecular flexibility index (Phi) is 6.17. The summed E-state index contributed by atoms with van der Waals surface area (Å²) in [6.45, 7) is 0. The highest BCUT2D eigenvalue weighted by molar-refractivity contribution is 6.15. The number of aromatic nitrogens is 1. The minimum atomic E-state index is 1.11. The first kappa shape index (κ1) is 26.3. The molecule has 0 atom stereocenters. The van der Waals surface area contributed by atoms with Crippen molar-refractivity contribution in [3.05, 3.63) is 182 Å². The van der Waals surface area contributed by atoms with E-state index in [1.54, 1.807) is 0 Å². The van der Waals surface area contributed by atoms with Gasteiger partial charge < -0.3 is 9.47 Å². The molecule has 0 unspecified atom stereocenters. The predicted molar refractivity (Wildman–Crippen MR) is 196 cm³/mol. The zero-order chi connectivity index (χ0) is 30.5. The number of anilines is 3. The summed E-state index contributed by atoms with van der Waals surface area (Å²) in [5, 5.41) is 7.58. The fraction of sp³-hybridized carbons (Fsp3) is 0. The largest absolute Gasteiger partial charge is 0.308 e. The van der Waals surface area contributed by atoms with Gasteiger partial charge in [-0.25, -0.2) is 0 Å². The summed E-state index contributed by atoms with van der Waals surface area (Å²) in [5.41, 5.74) is 9.33. The summed E-state index contributed by atoms with van der Waals surface area (Å²) < 4.78 is 2.41. The Bertz CT molecular complexity index is 2510. The molecule has 1 heterocycles. The molecule has 0 bridgehead atoms. The lowest BCUT2D eigenvalue weighted by Gasteiger charge is -2.27. The van der Waals surface area contributed by atoms with Crippen LogP contribution in [0.25, 0.3) is 60.2 Å². The van der Waals surface area contributed by atoms with Gasteiger partial charge in [-0.3, -0.25) is 0 Å². The molecule has 2 nitrogen and oxygen atoms in total. The zero-order valence-electron chi connectivity index (χ0n) is 25.2. The number of para-hydroxylation sites is 4. The second-order valence-corrected chi connectivity index (χ2v) is 11.8. The number of hydrogen-bond donors (Lipinski definition) is 0. The lowest BCUT2D eigenvalue weighted by Crippen LogP contribution is -2.11. The van der Waals surface area contributed by atoms with Crippen LogP contribution in [0.4, 0.5) is 17.1 Å². The van der Waals surface area contributed by atoms with Gasteiger partial charge in [-0.05, 0) is 87.3 Å². The monoisotopic (exact) mass is 586 g/mol. The highest BCUT2D eigenvalue weighted by Crippen LogP contribution is 2.44. The summed E-state index contributed by atoms with van der Waals surface area (Å²) in [6, 6.07) is 65.6. The Hall–Kier alpha value is -6.12. The van der Waals surface area contributed by atoms with Gasteiger partial charge in [-0.1, -0.05) is 127 Å². The van der Waals surface area contributed by atoms with Crippen molar-refractivity contribution in [2.75, 3.05) is 4.90 Å². The van der Waals surface area contributed by atoms with Crippen LogP contribution in [0.15, 0.2) is 182 Å². The van der Waals surface area contributed by atoms with Crippen LogP contribution in [-0.2, 0) is 0 Å². The van der Waals surface area contributed by atoms with Crippen LogP contribution in [0.5, 0.6) is 0 Å². The SMILES string of the molecule is c1ccc(N(c2ccc(-c3cc4ccccc4c4ccccc34)cc2)c2cccc3c4ccccc4n(-c4ccccc4)c23)cc1. The van der Waals surface area contributed by atoms with Gasteiger partial charge in [0.25, 0.3) is 0 Å². The minimum absolute atomic E-state index is 1.11. The van der Waals surface area contributed by atoms with E-state index in [2.05, 4.69) is 191 Å². The van der Waals surface area contributed by atoms with E-state index in [4.69, 9.17) is 0 Å². The predicted octanol–water partition coefficient (Wildman–Crippen LogP) is 12.2. The van der Waals surface area contributed by atoms with E-state index < -0.39 is 0 Å². The first-order valence-corrected chi connectivity index (χ1v) is 15.8. The quantitative estimate of drug-likeness (QED) is 0.182. The smallest absolute Gasteiger partial charge is 0.0782 e. The zero-order valence-corrected chi connectivity index (χ0v) is 25.2. The molecule has 0 fully saturated rings. The lowest BCUT2D eigenvalue weighted by molar-refractivity contribution is 1.17. The van der Waals surface area contributed by atoms with Crippen LogP contribution >= 0.6 is 0 Å². The van der Waals surface area contributed by atoms with Crippen molar-refractivity contribution in [1.29, 1.82) is 0 Å². The number of benzene rings is 8. The molecule has 0 saturated heterocycles. The van der Waals surface area contributed by atoms with E-state index in [1.165, 1.54) is 54.5 Å². The molecule has 0 aliphatic carbocycles. The highest BCUT2D eigenvalue weighted by Gasteiger charge is 2.21. The van der Waals surface area contributed by atoms with Gasteiger partial charge in [0, 0.05) is 27.8 Å². The van der Waals surface area contributed by atoms with E-state index in [0.717, 1.165) is 22.7 Å². The first-order chi connectivity index (χ1) is 22.8. The number of fused-ring (bicyclic) bond motifs is 6. The third-order valence-corrected chi connectivity index (χ3v) is 9.15. The van der Waals surface area contributed by atoms with Gasteiger partial charge in [0.2, 0.25) is 0 Å². The summed E-state index contributed by atoms with van der Waals surface area (Å²) in [4.78, 5) is 2.39. The van der Waals surface area contributed by atoms with Crippen molar-refractivity contribution < 1.29 is 0 Å². The highest BCUT2D eigenvalue weighted by atomic mass is 15.2. The molecule has 0 spiro atoms. The molecule has 9 aromatic rings. The van der Waals surface area contributed by atoms with Crippen LogP contribution in [0, 0.1) is 0 Å². The van der Waals surface area contributed by atoms with Crippen LogP contribution < -0.4 is 4.90 Å². The molecule has 8 aromatic carbocycles. The van der Waals surface area contributed by atoms with Gasteiger partial charge in [0.15, 0.2) is 0 Å². The Balaban J connectivity index is 1.27. The van der Waals surface area contributed by atoms with Crippen LogP contribution in [0.1, 0.15) is 0 Å². The van der Waals surface area contributed by atoms with Crippen molar-refractivity contribution in [2.45, 2.75) is 0 Å². The molecular formula is C44H30N2. The Morgan fingerprint density at radius 2 is 0.978 bits per heavy atom. The van der Waals surface area contributed by atoms with Crippen LogP contribution in [0.2, 0.25) is 0 Å².